The van der Waals surface area contributed by atoms with Gasteiger partial charge in [0.2, 0.25) is 0 Å². The number of amides is 1. The van der Waals surface area contributed by atoms with Gasteiger partial charge >= 0.3 is 0 Å². The second-order valence-corrected chi connectivity index (χ2v) is 7.01. The summed E-state index contributed by atoms with van der Waals surface area (Å²) in [7, 11) is 0. The largest absolute Gasteiger partial charge is 0.334 e. The SMILES string of the molecule is CCN(Cc1ccc(F)c(F)c1)C(=O)c1cc(C)c(Br)s1. The molecule has 0 spiro atoms. The van der Waals surface area contributed by atoms with Gasteiger partial charge in [0.1, 0.15) is 0 Å². The first-order chi connectivity index (χ1) is 9.92. The van der Waals surface area contributed by atoms with Crippen molar-refractivity contribution in [1.29, 1.82) is 0 Å². The number of hydrogen-bond acceptors (Lipinski definition) is 2. The molecular formula is C15H14BrF2NOS. The van der Waals surface area contributed by atoms with Crippen LogP contribution in [0.4, 0.5) is 8.78 Å². The molecule has 0 aliphatic rings. The number of carbonyl (C=O) groups is 1. The van der Waals surface area contributed by atoms with E-state index in [9.17, 15) is 13.6 Å². The molecule has 1 heterocycles. The Labute approximate surface area is 134 Å². The summed E-state index contributed by atoms with van der Waals surface area (Å²) in [5, 5.41) is 0. The van der Waals surface area contributed by atoms with E-state index in [4.69, 9.17) is 0 Å². The first-order valence-corrected chi connectivity index (χ1v) is 8.02. The van der Waals surface area contributed by atoms with E-state index < -0.39 is 11.6 Å². The van der Waals surface area contributed by atoms with E-state index >= 15 is 0 Å². The van der Waals surface area contributed by atoms with Gasteiger partial charge < -0.3 is 4.90 Å². The van der Waals surface area contributed by atoms with Crippen molar-refractivity contribution < 1.29 is 13.6 Å². The van der Waals surface area contributed by atoms with Crippen LogP contribution in [0.5, 0.6) is 0 Å². The van der Waals surface area contributed by atoms with Crippen molar-refractivity contribution in [1.82, 2.24) is 4.90 Å². The first kappa shape index (κ1) is 16.1. The topological polar surface area (TPSA) is 20.3 Å². The van der Waals surface area contributed by atoms with Crippen LogP contribution in [0.3, 0.4) is 0 Å². The highest BCUT2D eigenvalue weighted by molar-refractivity contribution is 9.11. The molecule has 1 aromatic carbocycles. The molecule has 0 bridgehead atoms. The predicted molar refractivity (Wildman–Crippen MR) is 83.5 cm³/mol. The van der Waals surface area contributed by atoms with E-state index in [-0.39, 0.29) is 12.5 Å². The van der Waals surface area contributed by atoms with E-state index in [1.165, 1.54) is 17.4 Å². The lowest BCUT2D eigenvalue weighted by molar-refractivity contribution is 0.0757. The van der Waals surface area contributed by atoms with E-state index in [1.54, 1.807) is 4.90 Å². The van der Waals surface area contributed by atoms with Gasteiger partial charge in [0.25, 0.3) is 5.91 Å². The molecule has 0 saturated carbocycles. The average molecular weight is 374 g/mol. The summed E-state index contributed by atoms with van der Waals surface area (Å²) in [6.07, 6.45) is 0. The van der Waals surface area contributed by atoms with Crippen LogP contribution in [0, 0.1) is 18.6 Å². The highest BCUT2D eigenvalue weighted by Gasteiger charge is 2.18. The van der Waals surface area contributed by atoms with Crippen molar-refractivity contribution in [2.24, 2.45) is 0 Å². The number of rotatable bonds is 4. The van der Waals surface area contributed by atoms with E-state index in [0.717, 1.165) is 21.5 Å². The lowest BCUT2D eigenvalue weighted by Gasteiger charge is -2.20. The fourth-order valence-corrected chi connectivity index (χ4v) is 3.41. The summed E-state index contributed by atoms with van der Waals surface area (Å²) in [5.41, 5.74) is 1.57. The van der Waals surface area contributed by atoms with Crippen LogP contribution >= 0.6 is 27.3 Å². The zero-order chi connectivity index (χ0) is 15.6. The van der Waals surface area contributed by atoms with Crippen LogP contribution < -0.4 is 0 Å². The quantitative estimate of drug-likeness (QED) is 0.756. The summed E-state index contributed by atoms with van der Waals surface area (Å²) in [6.45, 7) is 4.52. The first-order valence-electron chi connectivity index (χ1n) is 6.41. The highest BCUT2D eigenvalue weighted by atomic mass is 79.9. The summed E-state index contributed by atoms with van der Waals surface area (Å²) in [6, 6.07) is 5.52. The third-order valence-corrected chi connectivity index (χ3v) is 5.22. The second-order valence-electron chi connectivity index (χ2n) is 4.64. The Morgan fingerprint density at radius 3 is 2.52 bits per heavy atom. The molecule has 0 fully saturated rings. The van der Waals surface area contributed by atoms with Gasteiger partial charge in [-0.1, -0.05) is 6.07 Å². The van der Waals surface area contributed by atoms with Crippen molar-refractivity contribution >= 4 is 33.2 Å². The number of halogens is 3. The molecule has 2 rings (SSSR count). The van der Waals surface area contributed by atoms with E-state index in [0.29, 0.717) is 17.0 Å². The van der Waals surface area contributed by atoms with Gasteiger partial charge in [0.15, 0.2) is 11.6 Å². The van der Waals surface area contributed by atoms with Gasteiger partial charge in [-0.2, -0.15) is 0 Å². The van der Waals surface area contributed by atoms with Crippen LogP contribution in [0.15, 0.2) is 28.1 Å². The Morgan fingerprint density at radius 2 is 2.00 bits per heavy atom. The molecule has 0 N–H and O–H groups in total. The standard InChI is InChI=1S/C15H14BrF2NOS/c1-3-19(8-10-4-5-11(17)12(18)7-10)15(20)13-6-9(2)14(16)21-13/h4-7H,3,8H2,1-2H3. The predicted octanol–water partition coefficient (Wildman–Crippen LogP) is 4.76. The molecule has 1 aromatic heterocycles. The molecule has 0 unspecified atom stereocenters. The number of aryl methyl sites for hydroxylation is 1. The normalized spacial score (nSPS) is 10.7. The lowest BCUT2D eigenvalue weighted by atomic mass is 10.2. The van der Waals surface area contributed by atoms with Crippen LogP contribution in [-0.2, 0) is 6.54 Å². The zero-order valence-corrected chi connectivity index (χ0v) is 14.0. The van der Waals surface area contributed by atoms with Gasteiger partial charge in [-0.05, 0) is 59.1 Å². The van der Waals surface area contributed by atoms with Gasteiger partial charge in [-0.15, -0.1) is 11.3 Å². The van der Waals surface area contributed by atoms with Gasteiger partial charge in [0.05, 0.1) is 8.66 Å². The fraction of sp³-hybridized carbons (Fsp3) is 0.267. The van der Waals surface area contributed by atoms with Crippen molar-refractivity contribution in [2.45, 2.75) is 20.4 Å². The van der Waals surface area contributed by atoms with Gasteiger partial charge in [-0.3, -0.25) is 4.79 Å². The molecule has 21 heavy (non-hydrogen) atoms. The minimum Gasteiger partial charge on any atom is -0.334 e. The molecule has 0 saturated heterocycles. The fourth-order valence-electron chi connectivity index (χ4n) is 1.91. The van der Waals surface area contributed by atoms with Crippen LogP contribution in [0.25, 0.3) is 0 Å². The lowest BCUT2D eigenvalue weighted by Crippen LogP contribution is -2.29. The Morgan fingerprint density at radius 1 is 1.29 bits per heavy atom. The number of nitrogens with zero attached hydrogens (tertiary/aromatic N) is 1. The summed E-state index contributed by atoms with van der Waals surface area (Å²) in [5.74, 6) is -1.89. The zero-order valence-electron chi connectivity index (χ0n) is 11.6. The number of benzene rings is 1. The number of carbonyl (C=O) groups excluding carboxylic acids is 1. The Balaban J connectivity index is 2.19. The van der Waals surface area contributed by atoms with Crippen LogP contribution in [0.1, 0.15) is 27.7 Å². The molecule has 0 aliphatic carbocycles. The van der Waals surface area contributed by atoms with Crippen molar-refractivity contribution in [3.05, 3.63) is 55.7 Å². The Hall–Kier alpha value is -1.27. The molecule has 2 nitrogen and oxygen atoms in total. The second kappa shape index (κ2) is 6.66. The molecule has 0 radical (unpaired) electrons. The third kappa shape index (κ3) is 3.68. The van der Waals surface area contributed by atoms with Crippen molar-refractivity contribution in [2.75, 3.05) is 6.54 Å². The molecule has 0 atom stereocenters. The Kier molecular flexibility index (Phi) is 5.11. The molecule has 112 valence electrons. The van der Waals surface area contributed by atoms with Crippen LogP contribution in [0.2, 0.25) is 0 Å². The molecule has 2 aromatic rings. The van der Waals surface area contributed by atoms with E-state index in [2.05, 4.69) is 15.9 Å². The highest BCUT2D eigenvalue weighted by Crippen LogP contribution is 2.28. The summed E-state index contributed by atoms with van der Waals surface area (Å²) >= 11 is 4.77. The molecule has 0 aliphatic heterocycles. The Bertz CT molecular complexity index is 652. The van der Waals surface area contributed by atoms with Crippen molar-refractivity contribution in [3.63, 3.8) is 0 Å². The maximum absolute atomic E-state index is 13.2. The molecule has 1 amide bonds. The maximum Gasteiger partial charge on any atom is 0.264 e. The third-order valence-electron chi connectivity index (χ3n) is 3.09. The maximum atomic E-state index is 13.2. The molecule has 6 heteroatoms. The number of thiophene rings is 1. The van der Waals surface area contributed by atoms with Crippen molar-refractivity contribution in [3.8, 4) is 0 Å². The minimum absolute atomic E-state index is 0.110. The smallest absolute Gasteiger partial charge is 0.264 e. The summed E-state index contributed by atoms with van der Waals surface area (Å²) in [4.78, 5) is 14.7. The number of hydrogen-bond donors (Lipinski definition) is 0. The van der Waals surface area contributed by atoms with Gasteiger partial charge in [0, 0.05) is 13.1 Å². The van der Waals surface area contributed by atoms with Crippen LogP contribution in [-0.4, -0.2) is 17.4 Å². The monoisotopic (exact) mass is 373 g/mol. The minimum atomic E-state index is -0.897. The summed E-state index contributed by atoms with van der Waals surface area (Å²) < 4.78 is 27.1. The van der Waals surface area contributed by atoms with Gasteiger partial charge in [-0.25, -0.2) is 8.78 Å². The van der Waals surface area contributed by atoms with E-state index in [1.807, 2.05) is 19.9 Å². The average Bonchev–Trinajstić information content (AvgIpc) is 2.79. The molecular weight excluding hydrogens is 360 g/mol.